The summed E-state index contributed by atoms with van der Waals surface area (Å²) in [6, 6.07) is 4.08. The summed E-state index contributed by atoms with van der Waals surface area (Å²) in [6.07, 6.45) is 2.85. The first-order valence-electron chi connectivity index (χ1n) is 7.14. The van der Waals surface area contributed by atoms with Crippen molar-refractivity contribution >= 4 is 5.91 Å². The molecule has 2 heterocycles. The Morgan fingerprint density at radius 3 is 2.50 bits per heavy atom. The lowest BCUT2D eigenvalue weighted by molar-refractivity contribution is -0.135. The predicted octanol–water partition coefficient (Wildman–Crippen LogP) is 0.859. The highest BCUT2D eigenvalue weighted by molar-refractivity contribution is 5.76. The van der Waals surface area contributed by atoms with E-state index >= 15 is 0 Å². The third-order valence-corrected chi connectivity index (χ3v) is 4.19. The normalized spacial score (nSPS) is 23.9. The van der Waals surface area contributed by atoms with Crippen LogP contribution in [0, 0.1) is 0 Å². The number of aromatic amines is 1. The lowest BCUT2D eigenvalue weighted by Crippen LogP contribution is -2.56. The molecule has 1 aromatic rings. The van der Waals surface area contributed by atoms with E-state index in [-0.39, 0.29) is 11.5 Å². The third kappa shape index (κ3) is 3.48. The van der Waals surface area contributed by atoms with Crippen LogP contribution in [0.3, 0.4) is 0 Å². The van der Waals surface area contributed by atoms with E-state index in [4.69, 9.17) is 0 Å². The summed E-state index contributed by atoms with van der Waals surface area (Å²) >= 11 is 0. The fourth-order valence-electron chi connectivity index (χ4n) is 2.62. The Morgan fingerprint density at radius 1 is 1.30 bits per heavy atom. The number of piperazine rings is 1. The van der Waals surface area contributed by atoms with Crippen molar-refractivity contribution in [3.05, 3.63) is 34.2 Å². The molecule has 0 aromatic carbocycles. The van der Waals surface area contributed by atoms with Crippen molar-refractivity contribution < 1.29 is 4.79 Å². The van der Waals surface area contributed by atoms with Gasteiger partial charge >= 0.3 is 0 Å². The molecule has 0 radical (unpaired) electrons. The third-order valence-electron chi connectivity index (χ3n) is 4.19. The molecule has 2 rings (SSSR count). The Balaban J connectivity index is 1.89. The smallest absolute Gasteiger partial charge is 0.247 e. The summed E-state index contributed by atoms with van der Waals surface area (Å²) in [5.74, 6) is 0.197. The summed E-state index contributed by atoms with van der Waals surface area (Å²) in [5, 5.41) is 0. The zero-order valence-corrected chi connectivity index (χ0v) is 12.4. The van der Waals surface area contributed by atoms with E-state index in [1.54, 1.807) is 12.3 Å². The zero-order chi connectivity index (χ0) is 14.7. The number of hydrogen-bond acceptors (Lipinski definition) is 3. The highest BCUT2D eigenvalue weighted by atomic mass is 16.2. The van der Waals surface area contributed by atoms with E-state index in [9.17, 15) is 9.59 Å². The molecule has 20 heavy (non-hydrogen) atoms. The molecule has 1 fully saturated rings. The highest BCUT2D eigenvalue weighted by Gasteiger charge is 2.28. The van der Waals surface area contributed by atoms with Crippen molar-refractivity contribution in [2.24, 2.45) is 0 Å². The Hall–Kier alpha value is -1.62. The Morgan fingerprint density at radius 2 is 1.95 bits per heavy atom. The first-order valence-corrected chi connectivity index (χ1v) is 7.14. The van der Waals surface area contributed by atoms with Gasteiger partial charge in [-0.2, -0.15) is 0 Å². The minimum Gasteiger partial charge on any atom is -0.340 e. The molecule has 1 saturated heterocycles. The second kappa shape index (κ2) is 6.22. The number of H-pyrrole nitrogens is 1. The van der Waals surface area contributed by atoms with Crippen molar-refractivity contribution in [3.8, 4) is 0 Å². The van der Waals surface area contributed by atoms with Crippen LogP contribution >= 0.6 is 0 Å². The monoisotopic (exact) mass is 277 g/mol. The molecule has 0 spiro atoms. The van der Waals surface area contributed by atoms with Crippen LogP contribution in [0.5, 0.6) is 0 Å². The van der Waals surface area contributed by atoms with Gasteiger partial charge in [0.2, 0.25) is 11.5 Å². The molecule has 2 atom stereocenters. The van der Waals surface area contributed by atoms with Gasteiger partial charge in [-0.25, -0.2) is 0 Å². The molecule has 1 aliphatic rings. The summed E-state index contributed by atoms with van der Waals surface area (Å²) in [4.78, 5) is 30.2. The number of carbonyl (C=O) groups is 1. The lowest BCUT2D eigenvalue weighted by Gasteiger charge is -2.42. The molecule has 1 aliphatic heterocycles. The maximum absolute atomic E-state index is 12.3. The van der Waals surface area contributed by atoms with E-state index in [2.05, 4.69) is 30.8 Å². The van der Waals surface area contributed by atoms with Gasteiger partial charge in [0.1, 0.15) is 0 Å². The maximum atomic E-state index is 12.3. The Labute approximate surface area is 119 Å². The average molecular weight is 277 g/mol. The fourth-order valence-corrected chi connectivity index (χ4v) is 2.62. The van der Waals surface area contributed by atoms with Gasteiger partial charge < -0.3 is 9.88 Å². The van der Waals surface area contributed by atoms with E-state index in [0.717, 1.165) is 18.7 Å². The Kier molecular flexibility index (Phi) is 4.60. The number of pyridine rings is 1. The number of rotatable bonds is 3. The summed E-state index contributed by atoms with van der Waals surface area (Å²) in [7, 11) is 2.11. The summed E-state index contributed by atoms with van der Waals surface area (Å²) < 4.78 is 0. The van der Waals surface area contributed by atoms with Crippen LogP contribution < -0.4 is 5.56 Å². The number of amides is 1. The van der Waals surface area contributed by atoms with Crippen LogP contribution in [0.2, 0.25) is 0 Å². The number of hydrogen-bond donors (Lipinski definition) is 1. The van der Waals surface area contributed by atoms with Gasteiger partial charge in [0, 0.05) is 43.9 Å². The van der Waals surface area contributed by atoms with Crippen LogP contribution in [0.4, 0.5) is 0 Å². The highest BCUT2D eigenvalue weighted by Crippen LogP contribution is 2.14. The SMILES string of the molecule is C[C@@H]1CN(C(=O)CCc2ccc(=O)[nH]c2)C[C@H](C)N1C. The number of likely N-dealkylation sites (N-methyl/N-ethyl adjacent to an activating group) is 1. The molecule has 1 amide bonds. The van der Waals surface area contributed by atoms with Crippen molar-refractivity contribution in [1.82, 2.24) is 14.8 Å². The van der Waals surface area contributed by atoms with E-state index in [1.807, 2.05) is 4.90 Å². The number of aromatic nitrogens is 1. The molecule has 0 saturated carbocycles. The molecule has 5 nitrogen and oxygen atoms in total. The second-order valence-electron chi connectivity index (χ2n) is 5.72. The zero-order valence-electron chi connectivity index (χ0n) is 12.4. The molecule has 0 bridgehead atoms. The van der Waals surface area contributed by atoms with Crippen LogP contribution in [0.1, 0.15) is 25.8 Å². The van der Waals surface area contributed by atoms with Crippen LogP contribution in [-0.2, 0) is 11.2 Å². The van der Waals surface area contributed by atoms with Gasteiger partial charge in [-0.05, 0) is 32.9 Å². The van der Waals surface area contributed by atoms with Crippen molar-refractivity contribution in [2.45, 2.75) is 38.8 Å². The maximum Gasteiger partial charge on any atom is 0.247 e. The van der Waals surface area contributed by atoms with E-state index < -0.39 is 0 Å². The second-order valence-corrected chi connectivity index (χ2v) is 5.72. The quantitative estimate of drug-likeness (QED) is 0.891. The van der Waals surface area contributed by atoms with Gasteiger partial charge in [-0.3, -0.25) is 14.5 Å². The first-order chi connectivity index (χ1) is 9.47. The van der Waals surface area contributed by atoms with Gasteiger partial charge in [0.25, 0.3) is 0 Å². The first kappa shape index (κ1) is 14.8. The molecule has 1 N–H and O–H groups in total. The molecular formula is C15H23N3O2. The molecule has 5 heteroatoms. The van der Waals surface area contributed by atoms with Crippen LogP contribution in [0.25, 0.3) is 0 Å². The molecule has 1 aromatic heterocycles. The van der Waals surface area contributed by atoms with Crippen molar-refractivity contribution in [2.75, 3.05) is 20.1 Å². The van der Waals surface area contributed by atoms with E-state index in [1.165, 1.54) is 6.07 Å². The van der Waals surface area contributed by atoms with Crippen LogP contribution in [-0.4, -0.2) is 52.9 Å². The fraction of sp³-hybridized carbons (Fsp3) is 0.600. The lowest BCUT2D eigenvalue weighted by atomic mass is 10.1. The molecular weight excluding hydrogens is 254 g/mol. The van der Waals surface area contributed by atoms with Crippen molar-refractivity contribution in [3.63, 3.8) is 0 Å². The molecule has 0 aliphatic carbocycles. The van der Waals surface area contributed by atoms with Crippen LogP contribution in [0.15, 0.2) is 23.1 Å². The van der Waals surface area contributed by atoms with Gasteiger partial charge in [0.05, 0.1) is 0 Å². The van der Waals surface area contributed by atoms with Gasteiger partial charge in [-0.1, -0.05) is 6.07 Å². The van der Waals surface area contributed by atoms with E-state index in [0.29, 0.717) is 24.9 Å². The minimum absolute atomic E-state index is 0.109. The topological polar surface area (TPSA) is 56.4 Å². The average Bonchev–Trinajstić information content (AvgIpc) is 2.43. The summed E-state index contributed by atoms with van der Waals surface area (Å²) in [6.45, 7) is 5.90. The number of nitrogens with zero attached hydrogens (tertiary/aromatic N) is 2. The largest absolute Gasteiger partial charge is 0.340 e. The minimum atomic E-state index is -0.109. The Bertz CT molecular complexity index is 494. The van der Waals surface area contributed by atoms with Gasteiger partial charge in [0.15, 0.2) is 0 Å². The van der Waals surface area contributed by atoms with Gasteiger partial charge in [-0.15, -0.1) is 0 Å². The standard InChI is InChI=1S/C15H23N3O2/c1-11-9-18(10-12(2)17(11)3)15(20)7-5-13-4-6-14(19)16-8-13/h4,6,8,11-12H,5,7,9-10H2,1-3H3,(H,16,19)/t11-,12+. The molecule has 110 valence electrons. The summed E-state index contributed by atoms with van der Waals surface area (Å²) in [5.41, 5.74) is 0.884. The van der Waals surface area contributed by atoms with Crippen molar-refractivity contribution in [1.29, 1.82) is 0 Å². The number of carbonyl (C=O) groups excluding carboxylic acids is 1. The number of aryl methyl sites for hydroxylation is 1. The predicted molar refractivity (Wildman–Crippen MR) is 78.7 cm³/mol. The number of nitrogens with one attached hydrogen (secondary N) is 1. The molecule has 0 unspecified atom stereocenters.